The van der Waals surface area contributed by atoms with Crippen molar-refractivity contribution in [2.75, 3.05) is 0 Å². The quantitative estimate of drug-likeness (QED) is 0.592. The molecular weight excluding hydrogens is 204 g/mol. The van der Waals surface area contributed by atoms with Gasteiger partial charge in [-0.1, -0.05) is 19.9 Å². The Morgan fingerprint density at radius 2 is 1.94 bits per heavy atom. The molecule has 3 N–H and O–H groups in total. The number of nitriles is 1. The molecule has 0 radical (unpaired) electrons. The standard InChI is InChI=1S/C12H19NO2.H3N/c1-9(2)6-10(8-13)7-11(14)15-12(3,4)5;/h6,9H,7H2,1-5H3;1H3/b10-6-;. The summed E-state index contributed by atoms with van der Waals surface area (Å²) in [5, 5.41) is 8.80. The molecule has 0 saturated heterocycles. The average molecular weight is 226 g/mol. The molecule has 0 aliphatic carbocycles. The maximum atomic E-state index is 11.4. The second-order valence-electron chi connectivity index (χ2n) is 4.81. The normalized spacial score (nSPS) is 11.7. The lowest BCUT2D eigenvalue weighted by molar-refractivity contribution is -0.153. The predicted octanol–water partition coefficient (Wildman–Crippen LogP) is 2.99. The van der Waals surface area contributed by atoms with E-state index in [4.69, 9.17) is 10.00 Å². The number of hydrogen-bond acceptors (Lipinski definition) is 4. The van der Waals surface area contributed by atoms with Crippen LogP contribution in [0.25, 0.3) is 0 Å². The van der Waals surface area contributed by atoms with Gasteiger partial charge in [0.25, 0.3) is 0 Å². The van der Waals surface area contributed by atoms with Crippen LogP contribution >= 0.6 is 0 Å². The summed E-state index contributed by atoms with van der Waals surface area (Å²) in [5.74, 6) is -0.0852. The third kappa shape index (κ3) is 9.22. The minimum absolute atomic E-state index is 0. The summed E-state index contributed by atoms with van der Waals surface area (Å²) < 4.78 is 5.12. The molecule has 16 heavy (non-hydrogen) atoms. The Hall–Kier alpha value is -1.34. The van der Waals surface area contributed by atoms with E-state index in [1.165, 1.54) is 0 Å². The number of hydrogen-bond donors (Lipinski definition) is 1. The third-order valence-electron chi connectivity index (χ3n) is 1.43. The van der Waals surface area contributed by atoms with Crippen molar-refractivity contribution < 1.29 is 9.53 Å². The average Bonchev–Trinajstić information content (AvgIpc) is 1.98. The second kappa shape index (κ2) is 7.02. The van der Waals surface area contributed by atoms with Crippen LogP contribution < -0.4 is 6.15 Å². The molecule has 0 unspecified atom stereocenters. The monoisotopic (exact) mass is 226 g/mol. The Morgan fingerprint density at radius 1 is 1.44 bits per heavy atom. The number of nitrogens with zero attached hydrogens (tertiary/aromatic N) is 1. The van der Waals surface area contributed by atoms with Crippen LogP contribution in [0.5, 0.6) is 0 Å². The fraction of sp³-hybridized carbons (Fsp3) is 0.667. The summed E-state index contributed by atoms with van der Waals surface area (Å²) in [5.41, 5.74) is -0.0191. The lowest BCUT2D eigenvalue weighted by Gasteiger charge is -2.19. The van der Waals surface area contributed by atoms with Crippen molar-refractivity contribution in [2.24, 2.45) is 5.92 Å². The number of esters is 1. The van der Waals surface area contributed by atoms with Gasteiger partial charge in [-0.2, -0.15) is 5.26 Å². The maximum Gasteiger partial charge on any atom is 0.311 e. The lowest BCUT2D eigenvalue weighted by Crippen LogP contribution is -2.23. The van der Waals surface area contributed by atoms with E-state index < -0.39 is 5.60 Å². The van der Waals surface area contributed by atoms with Crippen LogP contribution in [0, 0.1) is 17.2 Å². The SMILES string of the molecule is CC(C)/C=C(\C#N)CC(=O)OC(C)(C)C.N. The molecule has 0 atom stereocenters. The van der Waals surface area contributed by atoms with Crippen molar-refractivity contribution in [3.63, 3.8) is 0 Å². The van der Waals surface area contributed by atoms with E-state index in [0.29, 0.717) is 5.57 Å². The van der Waals surface area contributed by atoms with Crippen LogP contribution in [0.15, 0.2) is 11.6 Å². The van der Waals surface area contributed by atoms with E-state index in [9.17, 15) is 4.79 Å². The van der Waals surface area contributed by atoms with Crippen molar-refractivity contribution in [1.29, 1.82) is 5.26 Å². The van der Waals surface area contributed by atoms with Gasteiger partial charge < -0.3 is 10.9 Å². The highest BCUT2D eigenvalue weighted by Gasteiger charge is 2.17. The molecule has 0 aromatic rings. The highest BCUT2D eigenvalue weighted by molar-refractivity contribution is 5.74. The molecule has 0 saturated carbocycles. The molecular formula is C12H22N2O2. The van der Waals surface area contributed by atoms with Gasteiger partial charge in [0.1, 0.15) is 5.60 Å². The molecule has 0 aliphatic rings. The van der Waals surface area contributed by atoms with Gasteiger partial charge in [-0.15, -0.1) is 0 Å². The van der Waals surface area contributed by atoms with Gasteiger partial charge in [0, 0.05) is 5.57 Å². The molecule has 0 aromatic heterocycles. The van der Waals surface area contributed by atoms with Crippen LogP contribution in [0.1, 0.15) is 41.0 Å². The maximum absolute atomic E-state index is 11.4. The van der Waals surface area contributed by atoms with Crippen molar-refractivity contribution >= 4 is 5.97 Å². The van der Waals surface area contributed by atoms with E-state index in [2.05, 4.69) is 0 Å². The Balaban J connectivity index is 0. The number of allylic oxidation sites excluding steroid dienone is 1. The van der Waals surface area contributed by atoms with Crippen molar-refractivity contribution in [3.05, 3.63) is 11.6 Å². The van der Waals surface area contributed by atoms with Crippen molar-refractivity contribution in [2.45, 2.75) is 46.6 Å². The Kier molecular flexibility index (Phi) is 7.49. The summed E-state index contributed by atoms with van der Waals surface area (Å²) in [4.78, 5) is 11.4. The zero-order chi connectivity index (χ0) is 12.1. The topological polar surface area (TPSA) is 85.1 Å². The highest BCUT2D eigenvalue weighted by atomic mass is 16.6. The van der Waals surface area contributed by atoms with E-state index in [-0.39, 0.29) is 24.5 Å². The van der Waals surface area contributed by atoms with E-state index in [1.54, 1.807) is 6.08 Å². The van der Waals surface area contributed by atoms with E-state index in [0.717, 1.165) is 0 Å². The molecule has 4 heteroatoms. The third-order valence-corrected chi connectivity index (χ3v) is 1.43. The van der Waals surface area contributed by atoms with Crippen LogP contribution in [0.4, 0.5) is 0 Å². The minimum atomic E-state index is -0.491. The first kappa shape index (κ1) is 17.1. The first-order chi connectivity index (χ1) is 6.74. The molecule has 0 aromatic carbocycles. The largest absolute Gasteiger partial charge is 0.460 e. The molecule has 4 nitrogen and oxygen atoms in total. The van der Waals surface area contributed by atoms with Crippen LogP contribution in [0.2, 0.25) is 0 Å². The van der Waals surface area contributed by atoms with Gasteiger partial charge in [0.15, 0.2) is 0 Å². The molecule has 0 spiro atoms. The van der Waals surface area contributed by atoms with Gasteiger partial charge in [-0.05, 0) is 26.7 Å². The minimum Gasteiger partial charge on any atom is -0.460 e. The van der Waals surface area contributed by atoms with Gasteiger partial charge in [-0.3, -0.25) is 4.79 Å². The summed E-state index contributed by atoms with van der Waals surface area (Å²) >= 11 is 0. The van der Waals surface area contributed by atoms with Crippen LogP contribution in [0.3, 0.4) is 0 Å². The number of ether oxygens (including phenoxy) is 1. The summed E-state index contributed by atoms with van der Waals surface area (Å²) in [6.07, 6.45) is 1.84. The highest BCUT2D eigenvalue weighted by Crippen LogP contribution is 2.12. The lowest BCUT2D eigenvalue weighted by atomic mass is 10.1. The van der Waals surface area contributed by atoms with Gasteiger partial charge in [0.2, 0.25) is 0 Å². The fourth-order valence-corrected chi connectivity index (χ4v) is 1.07. The van der Waals surface area contributed by atoms with Crippen molar-refractivity contribution in [1.82, 2.24) is 6.15 Å². The summed E-state index contributed by atoms with van der Waals surface area (Å²) in [6, 6.07) is 2.01. The zero-order valence-electron chi connectivity index (χ0n) is 10.8. The second-order valence-corrected chi connectivity index (χ2v) is 4.81. The number of carbonyl (C=O) groups is 1. The number of carbonyl (C=O) groups excluding carboxylic acids is 1. The molecule has 0 amide bonds. The Morgan fingerprint density at radius 3 is 2.25 bits per heavy atom. The smallest absolute Gasteiger partial charge is 0.311 e. The van der Waals surface area contributed by atoms with Gasteiger partial charge >= 0.3 is 5.97 Å². The predicted molar refractivity (Wildman–Crippen MR) is 64.0 cm³/mol. The molecule has 0 fully saturated rings. The van der Waals surface area contributed by atoms with Gasteiger partial charge in [-0.25, -0.2) is 0 Å². The fourth-order valence-electron chi connectivity index (χ4n) is 1.07. The Labute approximate surface area is 97.9 Å². The summed E-state index contributed by atoms with van der Waals surface area (Å²) in [7, 11) is 0. The molecule has 0 heterocycles. The first-order valence-corrected chi connectivity index (χ1v) is 5.07. The van der Waals surface area contributed by atoms with Crippen molar-refractivity contribution in [3.8, 4) is 6.07 Å². The van der Waals surface area contributed by atoms with E-state index in [1.807, 2.05) is 40.7 Å². The zero-order valence-corrected chi connectivity index (χ0v) is 10.8. The number of rotatable bonds is 3. The van der Waals surface area contributed by atoms with Crippen LogP contribution in [-0.4, -0.2) is 11.6 Å². The Bertz CT molecular complexity index is 293. The first-order valence-electron chi connectivity index (χ1n) is 5.07. The van der Waals surface area contributed by atoms with E-state index >= 15 is 0 Å². The summed E-state index contributed by atoms with van der Waals surface area (Å²) in [6.45, 7) is 9.36. The molecule has 0 rings (SSSR count). The molecule has 92 valence electrons. The molecule has 0 bridgehead atoms. The van der Waals surface area contributed by atoms with Gasteiger partial charge in [0.05, 0.1) is 12.5 Å². The molecule has 0 aliphatic heterocycles. The van der Waals surface area contributed by atoms with Crippen LogP contribution in [-0.2, 0) is 9.53 Å².